The lowest BCUT2D eigenvalue weighted by molar-refractivity contribution is 0.0410. The van der Waals surface area contributed by atoms with Crippen LogP contribution in [0.1, 0.15) is 48.2 Å². The summed E-state index contributed by atoms with van der Waals surface area (Å²) in [6, 6.07) is 3.37. The van der Waals surface area contributed by atoms with Crippen molar-refractivity contribution in [2.75, 3.05) is 6.61 Å². The molecule has 0 aromatic carbocycles. The predicted molar refractivity (Wildman–Crippen MR) is 69.0 cm³/mol. The Morgan fingerprint density at radius 3 is 2.89 bits per heavy atom. The summed E-state index contributed by atoms with van der Waals surface area (Å²) in [5, 5.41) is 0. The van der Waals surface area contributed by atoms with Crippen LogP contribution in [0.4, 0.5) is 0 Å². The van der Waals surface area contributed by atoms with Gasteiger partial charge in [0.2, 0.25) is 0 Å². The van der Waals surface area contributed by atoms with Gasteiger partial charge in [-0.1, -0.05) is 19.3 Å². The highest BCUT2D eigenvalue weighted by Gasteiger charge is 2.16. The summed E-state index contributed by atoms with van der Waals surface area (Å²) in [4.78, 5) is 15.9. The molecule has 0 saturated heterocycles. The van der Waals surface area contributed by atoms with Gasteiger partial charge in [0.1, 0.15) is 0 Å². The Balaban J connectivity index is 1.86. The molecule has 98 valence electrons. The Morgan fingerprint density at radius 1 is 1.39 bits per heavy atom. The number of pyridine rings is 1. The smallest absolute Gasteiger partial charge is 0.338 e. The number of carbonyl (C=O) groups is 1. The van der Waals surface area contributed by atoms with Crippen LogP contribution in [0, 0.1) is 5.92 Å². The minimum Gasteiger partial charge on any atom is -0.462 e. The van der Waals surface area contributed by atoms with Gasteiger partial charge in [-0.3, -0.25) is 4.98 Å². The van der Waals surface area contributed by atoms with Crippen molar-refractivity contribution in [3.05, 3.63) is 29.6 Å². The fourth-order valence-electron chi connectivity index (χ4n) is 2.35. The van der Waals surface area contributed by atoms with E-state index in [1.165, 1.54) is 32.1 Å². The summed E-state index contributed by atoms with van der Waals surface area (Å²) in [6.07, 6.45) is 7.78. The van der Waals surface area contributed by atoms with Crippen LogP contribution >= 0.6 is 0 Å². The molecule has 18 heavy (non-hydrogen) atoms. The Morgan fingerprint density at radius 2 is 2.17 bits per heavy atom. The molecule has 1 aromatic heterocycles. The summed E-state index contributed by atoms with van der Waals surface area (Å²) in [6.45, 7) is 0.878. The van der Waals surface area contributed by atoms with E-state index in [9.17, 15) is 4.79 Å². The first-order chi connectivity index (χ1) is 8.79. The van der Waals surface area contributed by atoms with Crippen molar-refractivity contribution in [3.8, 4) is 0 Å². The highest BCUT2D eigenvalue weighted by Crippen LogP contribution is 2.23. The number of esters is 1. The van der Waals surface area contributed by atoms with Gasteiger partial charge in [-0.15, -0.1) is 0 Å². The number of hydrogen-bond donors (Lipinski definition) is 1. The van der Waals surface area contributed by atoms with Crippen molar-refractivity contribution in [2.24, 2.45) is 11.7 Å². The highest BCUT2D eigenvalue weighted by molar-refractivity contribution is 5.89. The maximum absolute atomic E-state index is 11.9. The fraction of sp³-hybridized carbons (Fsp3) is 0.571. The van der Waals surface area contributed by atoms with E-state index < -0.39 is 0 Å². The van der Waals surface area contributed by atoms with Crippen molar-refractivity contribution < 1.29 is 9.53 Å². The van der Waals surface area contributed by atoms with Gasteiger partial charge in [-0.05, 0) is 30.9 Å². The molecule has 1 aromatic rings. The summed E-state index contributed by atoms with van der Waals surface area (Å²) in [5.74, 6) is 0.274. The summed E-state index contributed by atoms with van der Waals surface area (Å²) >= 11 is 0. The first kappa shape index (κ1) is 13.0. The number of rotatable bonds is 4. The number of aromatic nitrogens is 1. The molecule has 2 N–H and O–H groups in total. The standard InChI is InChI=1S/C14H20N2O2/c15-9-13-8-12(6-7-16-13)14(17)18-10-11-4-2-1-3-5-11/h6-8,11H,1-5,9-10,15H2. The maximum atomic E-state index is 11.9. The molecule has 0 amide bonds. The quantitative estimate of drug-likeness (QED) is 0.830. The third kappa shape index (κ3) is 3.53. The number of ether oxygens (including phenoxy) is 1. The Hall–Kier alpha value is -1.42. The van der Waals surface area contributed by atoms with Crippen LogP contribution in [0.5, 0.6) is 0 Å². The van der Waals surface area contributed by atoms with E-state index in [2.05, 4.69) is 4.98 Å². The molecule has 1 heterocycles. The van der Waals surface area contributed by atoms with Gasteiger partial charge in [-0.2, -0.15) is 0 Å². The minimum absolute atomic E-state index is 0.266. The molecule has 0 radical (unpaired) electrons. The van der Waals surface area contributed by atoms with E-state index >= 15 is 0 Å². The van der Waals surface area contributed by atoms with Crippen molar-refractivity contribution in [1.82, 2.24) is 4.98 Å². The van der Waals surface area contributed by atoms with Crippen molar-refractivity contribution >= 4 is 5.97 Å². The SMILES string of the molecule is NCc1cc(C(=O)OCC2CCCCC2)ccn1. The third-order valence-corrected chi connectivity index (χ3v) is 3.44. The van der Waals surface area contributed by atoms with Crippen LogP contribution in [0.15, 0.2) is 18.3 Å². The van der Waals surface area contributed by atoms with Crippen LogP contribution in [-0.2, 0) is 11.3 Å². The Labute approximate surface area is 108 Å². The maximum Gasteiger partial charge on any atom is 0.338 e. The van der Waals surface area contributed by atoms with Crippen molar-refractivity contribution in [1.29, 1.82) is 0 Å². The normalized spacial score (nSPS) is 16.5. The molecule has 1 aliphatic carbocycles. The molecule has 1 saturated carbocycles. The largest absolute Gasteiger partial charge is 0.462 e. The second kappa shape index (κ2) is 6.50. The van der Waals surface area contributed by atoms with Gasteiger partial charge >= 0.3 is 5.97 Å². The van der Waals surface area contributed by atoms with Crippen LogP contribution in [0.25, 0.3) is 0 Å². The van der Waals surface area contributed by atoms with Gasteiger partial charge in [-0.25, -0.2) is 4.79 Å². The highest BCUT2D eigenvalue weighted by atomic mass is 16.5. The lowest BCUT2D eigenvalue weighted by Crippen LogP contribution is -2.17. The van der Waals surface area contributed by atoms with Gasteiger partial charge < -0.3 is 10.5 Å². The molecule has 4 nitrogen and oxygen atoms in total. The van der Waals surface area contributed by atoms with E-state index in [0.29, 0.717) is 30.3 Å². The van der Waals surface area contributed by atoms with E-state index in [1.807, 2.05) is 0 Å². The average Bonchev–Trinajstić information content (AvgIpc) is 2.46. The molecule has 0 atom stereocenters. The van der Waals surface area contributed by atoms with Crippen molar-refractivity contribution in [3.63, 3.8) is 0 Å². The molecule has 2 rings (SSSR count). The van der Waals surface area contributed by atoms with E-state index in [1.54, 1.807) is 18.3 Å². The van der Waals surface area contributed by atoms with Crippen molar-refractivity contribution in [2.45, 2.75) is 38.6 Å². The van der Waals surface area contributed by atoms with Crippen LogP contribution in [0.2, 0.25) is 0 Å². The third-order valence-electron chi connectivity index (χ3n) is 3.44. The molecular weight excluding hydrogens is 228 g/mol. The molecule has 0 aliphatic heterocycles. The minimum atomic E-state index is -0.266. The van der Waals surface area contributed by atoms with Gasteiger partial charge in [0.25, 0.3) is 0 Å². The van der Waals surface area contributed by atoms with E-state index in [-0.39, 0.29) is 5.97 Å². The molecule has 0 unspecified atom stereocenters. The summed E-state index contributed by atoms with van der Waals surface area (Å²) in [5.41, 5.74) is 6.75. The number of hydrogen-bond acceptors (Lipinski definition) is 4. The van der Waals surface area contributed by atoms with Gasteiger partial charge in [0.05, 0.1) is 17.9 Å². The van der Waals surface area contributed by atoms with Gasteiger partial charge in [0.15, 0.2) is 0 Å². The van der Waals surface area contributed by atoms with Gasteiger partial charge in [0, 0.05) is 12.7 Å². The zero-order valence-corrected chi connectivity index (χ0v) is 10.6. The van der Waals surface area contributed by atoms with Crippen LogP contribution in [0.3, 0.4) is 0 Å². The summed E-state index contributed by atoms with van der Waals surface area (Å²) < 4.78 is 5.36. The predicted octanol–water partition coefficient (Wildman–Crippen LogP) is 2.28. The zero-order valence-electron chi connectivity index (χ0n) is 10.6. The first-order valence-corrected chi connectivity index (χ1v) is 6.61. The van der Waals surface area contributed by atoms with Crippen LogP contribution < -0.4 is 5.73 Å². The first-order valence-electron chi connectivity index (χ1n) is 6.61. The molecular formula is C14H20N2O2. The Bertz CT molecular complexity index is 401. The second-order valence-electron chi connectivity index (χ2n) is 4.84. The molecule has 0 spiro atoms. The topological polar surface area (TPSA) is 65.2 Å². The molecule has 1 aliphatic rings. The molecule has 1 fully saturated rings. The van der Waals surface area contributed by atoms with E-state index in [0.717, 1.165) is 0 Å². The zero-order chi connectivity index (χ0) is 12.8. The molecule has 0 bridgehead atoms. The molecule has 4 heteroatoms. The lowest BCUT2D eigenvalue weighted by Gasteiger charge is -2.21. The summed E-state index contributed by atoms with van der Waals surface area (Å²) in [7, 11) is 0. The van der Waals surface area contributed by atoms with E-state index in [4.69, 9.17) is 10.5 Å². The lowest BCUT2D eigenvalue weighted by atomic mass is 9.90. The number of nitrogens with two attached hydrogens (primary N) is 1. The Kier molecular flexibility index (Phi) is 4.70. The number of carbonyl (C=O) groups excluding carboxylic acids is 1. The van der Waals surface area contributed by atoms with Crippen LogP contribution in [-0.4, -0.2) is 17.6 Å². The number of nitrogens with zero attached hydrogens (tertiary/aromatic N) is 1. The second-order valence-corrected chi connectivity index (χ2v) is 4.84. The monoisotopic (exact) mass is 248 g/mol. The average molecular weight is 248 g/mol. The fourth-order valence-corrected chi connectivity index (χ4v) is 2.35.